The van der Waals surface area contributed by atoms with E-state index in [4.69, 9.17) is 14.2 Å². The summed E-state index contributed by atoms with van der Waals surface area (Å²) in [6, 6.07) is 11.5. The predicted octanol–water partition coefficient (Wildman–Crippen LogP) is 3.14. The number of fused-ring (bicyclic) bond motifs is 2. The van der Waals surface area contributed by atoms with Crippen molar-refractivity contribution in [2.45, 2.75) is 26.4 Å². The monoisotopic (exact) mass is 478 g/mol. The van der Waals surface area contributed by atoms with Gasteiger partial charge in [0.25, 0.3) is 0 Å². The molecule has 2 aliphatic rings. The number of nitrogens with zero attached hydrogens (tertiary/aromatic N) is 2. The summed E-state index contributed by atoms with van der Waals surface area (Å²) in [7, 11) is 1.33. The summed E-state index contributed by atoms with van der Waals surface area (Å²) >= 11 is 0. The van der Waals surface area contributed by atoms with E-state index in [-0.39, 0.29) is 24.4 Å². The van der Waals surface area contributed by atoms with Gasteiger partial charge in [0, 0.05) is 43.6 Å². The van der Waals surface area contributed by atoms with Crippen LogP contribution < -0.4 is 14.8 Å². The molecule has 1 fully saturated rings. The van der Waals surface area contributed by atoms with E-state index in [2.05, 4.69) is 26.2 Å². The van der Waals surface area contributed by atoms with Crippen molar-refractivity contribution in [1.29, 1.82) is 0 Å². The molecule has 0 bridgehead atoms. The lowest BCUT2D eigenvalue weighted by molar-refractivity contribution is -0.121. The molecule has 5 rings (SSSR count). The van der Waals surface area contributed by atoms with Crippen molar-refractivity contribution in [3.05, 3.63) is 53.2 Å². The molecule has 184 valence electrons. The Morgan fingerprint density at radius 3 is 2.63 bits per heavy atom. The number of methoxy groups -OCH3 is 1. The smallest absolute Gasteiger partial charge is 0.356 e. The average molecular weight is 479 g/mol. The van der Waals surface area contributed by atoms with Gasteiger partial charge in [-0.1, -0.05) is 17.7 Å². The number of H-pyrrole nitrogens is 1. The Kier molecular flexibility index (Phi) is 6.36. The second-order valence-electron chi connectivity index (χ2n) is 9.08. The van der Waals surface area contributed by atoms with Crippen LogP contribution in [0.3, 0.4) is 0 Å². The zero-order valence-electron chi connectivity index (χ0n) is 20.2. The summed E-state index contributed by atoms with van der Waals surface area (Å²) in [4.78, 5) is 33.2. The van der Waals surface area contributed by atoms with E-state index in [1.807, 2.05) is 44.2 Å². The van der Waals surface area contributed by atoms with Gasteiger partial charge in [-0.15, -0.1) is 0 Å². The molecule has 0 radical (unpaired) electrons. The van der Waals surface area contributed by atoms with Gasteiger partial charge in [0.2, 0.25) is 12.7 Å². The number of hydrogen-bond donors (Lipinski definition) is 2. The third kappa shape index (κ3) is 4.69. The molecule has 3 aromatic rings. The van der Waals surface area contributed by atoms with Crippen LogP contribution in [0.15, 0.2) is 36.4 Å². The first kappa shape index (κ1) is 23.2. The minimum Gasteiger partial charge on any atom is -0.464 e. The van der Waals surface area contributed by atoms with Crippen molar-refractivity contribution in [3.63, 3.8) is 0 Å². The SMILES string of the molecule is COC(=O)c1[nH]c2ccc(C)cc2c1NC(=O)[C@@H](C)N1CCN(Cc2ccc3c(c2)OCO3)CC1. The highest BCUT2D eigenvalue weighted by molar-refractivity contribution is 6.11. The van der Waals surface area contributed by atoms with E-state index in [0.29, 0.717) is 5.69 Å². The van der Waals surface area contributed by atoms with E-state index in [9.17, 15) is 9.59 Å². The molecule has 3 heterocycles. The lowest BCUT2D eigenvalue weighted by atomic mass is 10.1. The van der Waals surface area contributed by atoms with Crippen LogP contribution in [0.4, 0.5) is 5.69 Å². The molecular weight excluding hydrogens is 448 g/mol. The van der Waals surface area contributed by atoms with Crippen molar-refractivity contribution < 1.29 is 23.8 Å². The molecule has 9 nitrogen and oxygen atoms in total. The molecule has 2 N–H and O–H groups in total. The first-order valence-electron chi connectivity index (χ1n) is 11.8. The van der Waals surface area contributed by atoms with Crippen LogP contribution in [0.1, 0.15) is 28.5 Å². The van der Waals surface area contributed by atoms with Gasteiger partial charge in [-0.2, -0.15) is 0 Å². The quantitative estimate of drug-likeness (QED) is 0.526. The highest BCUT2D eigenvalue weighted by atomic mass is 16.7. The minimum absolute atomic E-state index is 0.151. The van der Waals surface area contributed by atoms with E-state index in [1.165, 1.54) is 12.7 Å². The third-order valence-corrected chi connectivity index (χ3v) is 6.77. The Bertz CT molecular complexity index is 1260. The zero-order chi connectivity index (χ0) is 24.5. The van der Waals surface area contributed by atoms with Gasteiger partial charge in [0.1, 0.15) is 5.69 Å². The molecule has 0 aliphatic carbocycles. The summed E-state index contributed by atoms with van der Waals surface area (Å²) in [5, 5.41) is 3.79. The second kappa shape index (κ2) is 9.59. The van der Waals surface area contributed by atoms with Crippen molar-refractivity contribution in [2.75, 3.05) is 45.4 Å². The number of nitrogens with one attached hydrogen (secondary N) is 2. The molecule has 0 unspecified atom stereocenters. The number of rotatable bonds is 6. The van der Waals surface area contributed by atoms with Crippen LogP contribution in [-0.2, 0) is 16.1 Å². The summed E-state index contributed by atoms with van der Waals surface area (Å²) < 4.78 is 15.8. The lowest BCUT2D eigenvalue weighted by Gasteiger charge is -2.37. The van der Waals surface area contributed by atoms with Gasteiger partial charge >= 0.3 is 5.97 Å². The maximum absolute atomic E-state index is 13.2. The second-order valence-corrected chi connectivity index (χ2v) is 9.08. The van der Waals surface area contributed by atoms with Crippen LogP contribution in [0.25, 0.3) is 10.9 Å². The fourth-order valence-electron chi connectivity index (χ4n) is 4.69. The lowest BCUT2D eigenvalue weighted by Crippen LogP contribution is -2.52. The highest BCUT2D eigenvalue weighted by Crippen LogP contribution is 2.33. The Hall–Kier alpha value is -3.56. The van der Waals surface area contributed by atoms with Crippen LogP contribution in [0, 0.1) is 6.92 Å². The van der Waals surface area contributed by atoms with Crippen LogP contribution in [-0.4, -0.2) is 72.8 Å². The van der Waals surface area contributed by atoms with Gasteiger partial charge in [-0.3, -0.25) is 14.6 Å². The molecule has 35 heavy (non-hydrogen) atoms. The van der Waals surface area contributed by atoms with Crippen molar-refractivity contribution in [3.8, 4) is 11.5 Å². The molecule has 1 aromatic heterocycles. The molecule has 2 aliphatic heterocycles. The molecule has 1 saturated heterocycles. The number of hydrogen-bond acceptors (Lipinski definition) is 7. The number of benzene rings is 2. The fourth-order valence-corrected chi connectivity index (χ4v) is 4.69. The Morgan fingerprint density at radius 2 is 1.86 bits per heavy atom. The van der Waals surface area contributed by atoms with E-state index in [1.54, 1.807) is 0 Å². The van der Waals surface area contributed by atoms with E-state index < -0.39 is 5.97 Å². The number of amides is 1. The van der Waals surface area contributed by atoms with Gasteiger partial charge in [0.15, 0.2) is 11.5 Å². The first-order chi connectivity index (χ1) is 16.9. The van der Waals surface area contributed by atoms with Gasteiger partial charge in [-0.05, 0) is 43.7 Å². The molecule has 1 atom stereocenters. The normalized spacial score (nSPS) is 16.9. The van der Waals surface area contributed by atoms with E-state index >= 15 is 0 Å². The molecule has 0 spiro atoms. The largest absolute Gasteiger partial charge is 0.464 e. The summed E-state index contributed by atoms with van der Waals surface area (Å²) in [5.74, 6) is 0.921. The van der Waals surface area contributed by atoms with Crippen LogP contribution in [0.5, 0.6) is 11.5 Å². The number of carbonyl (C=O) groups is 2. The molecule has 9 heteroatoms. The minimum atomic E-state index is -0.515. The number of aromatic nitrogens is 1. The summed E-state index contributed by atoms with van der Waals surface area (Å²) in [6.07, 6.45) is 0. The van der Waals surface area contributed by atoms with Crippen molar-refractivity contribution >= 4 is 28.5 Å². The molecular formula is C26H30N4O5. The topological polar surface area (TPSA) is 96.1 Å². The number of ether oxygens (including phenoxy) is 3. The predicted molar refractivity (Wildman–Crippen MR) is 132 cm³/mol. The van der Waals surface area contributed by atoms with Crippen LogP contribution >= 0.6 is 0 Å². The number of piperazine rings is 1. The average Bonchev–Trinajstić information content (AvgIpc) is 3.48. The van der Waals surface area contributed by atoms with Gasteiger partial charge < -0.3 is 24.5 Å². The highest BCUT2D eigenvalue weighted by Gasteiger charge is 2.28. The number of aromatic amines is 1. The van der Waals surface area contributed by atoms with Crippen LogP contribution in [0.2, 0.25) is 0 Å². The molecule has 1 amide bonds. The molecule has 2 aromatic carbocycles. The number of carbonyl (C=O) groups excluding carboxylic acids is 2. The number of aryl methyl sites for hydroxylation is 1. The zero-order valence-corrected chi connectivity index (χ0v) is 20.2. The molecule has 0 saturated carbocycles. The number of anilines is 1. The Labute approximate surface area is 203 Å². The van der Waals surface area contributed by atoms with Gasteiger partial charge in [0.05, 0.1) is 18.8 Å². The maximum atomic E-state index is 13.2. The first-order valence-corrected chi connectivity index (χ1v) is 11.8. The summed E-state index contributed by atoms with van der Waals surface area (Å²) in [5.41, 5.74) is 3.71. The van der Waals surface area contributed by atoms with E-state index in [0.717, 1.165) is 60.7 Å². The Morgan fingerprint density at radius 1 is 1.09 bits per heavy atom. The van der Waals surface area contributed by atoms with Gasteiger partial charge in [-0.25, -0.2) is 4.79 Å². The third-order valence-electron chi connectivity index (χ3n) is 6.77. The maximum Gasteiger partial charge on any atom is 0.356 e. The van der Waals surface area contributed by atoms with Crippen molar-refractivity contribution in [1.82, 2.24) is 14.8 Å². The standard InChI is InChI=1S/C26H30N4O5/c1-16-4-6-20-19(12-16)23(24(27-20)26(32)33-3)28-25(31)17(2)30-10-8-29(9-11-30)14-18-5-7-21-22(13-18)35-15-34-21/h4-7,12-13,17,27H,8-11,14-15H2,1-3H3,(H,28,31)/t17-/m1/s1. The summed E-state index contributed by atoms with van der Waals surface area (Å²) in [6.45, 7) is 8.23. The number of esters is 1. The van der Waals surface area contributed by atoms with Crippen molar-refractivity contribution in [2.24, 2.45) is 0 Å². The Balaban J connectivity index is 1.23. The fraction of sp³-hybridized carbons (Fsp3) is 0.385.